The highest BCUT2D eigenvalue weighted by Crippen LogP contribution is 2.39. The molecule has 0 amide bonds. The highest BCUT2D eigenvalue weighted by atomic mass is 16.7. The number of benzene rings is 1. The second-order valence-corrected chi connectivity index (χ2v) is 6.27. The molecule has 5 rings (SSSR count). The average Bonchev–Trinajstić information content (AvgIpc) is 3.36. The average molecular weight is 353 g/mol. The topological polar surface area (TPSA) is 118 Å². The fourth-order valence-electron chi connectivity index (χ4n) is 3.53. The van der Waals surface area contributed by atoms with Gasteiger partial charge in [0.2, 0.25) is 0 Å². The monoisotopic (exact) mass is 353 g/mol. The molecule has 10 heteroatoms. The van der Waals surface area contributed by atoms with Crippen molar-refractivity contribution in [3.63, 3.8) is 0 Å². The molecule has 4 unspecified atom stereocenters. The largest absolute Gasteiger partial charge is 0.494 e. The molecule has 4 heterocycles. The number of aromatic nitrogens is 4. The summed E-state index contributed by atoms with van der Waals surface area (Å²) in [7, 11) is -0.513. The predicted octanol–water partition coefficient (Wildman–Crippen LogP) is -0.522. The van der Waals surface area contributed by atoms with E-state index in [1.807, 2.05) is 30.3 Å². The Bertz CT molecular complexity index is 939. The maximum atomic E-state index is 9.71. The van der Waals surface area contributed by atoms with E-state index in [4.69, 9.17) is 19.8 Å². The van der Waals surface area contributed by atoms with Crippen LogP contribution < -0.4 is 11.2 Å². The lowest BCUT2D eigenvalue weighted by atomic mass is 9.79. The van der Waals surface area contributed by atoms with E-state index in [0.29, 0.717) is 17.0 Å². The Hall–Kier alpha value is -2.53. The predicted molar refractivity (Wildman–Crippen MR) is 92.3 cm³/mol. The van der Waals surface area contributed by atoms with Gasteiger partial charge in [-0.25, -0.2) is 15.0 Å². The molecule has 4 atom stereocenters. The molecule has 26 heavy (non-hydrogen) atoms. The van der Waals surface area contributed by atoms with Crippen LogP contribution >= 0.6 is 0 Å². The summed E-state index contributed by atoms with van der Waals surface area (Å²) in [5, 5.41) is 9.71. The maximum Gasteiger partial charge on any atom is 0.494 e. The van der Waals surface area contributed by atoms with E-state index in [9.17, 15) is 5.11 Å². The molecule has 0 aliphatic carbocycles. The zero-order chi connectivity index (χ0) is 17.7. The first-order valence-electron chi connectivity index (χ1n) is 8.31. The minimum absolute atomic E-state index is 0.174. The molecule has 3 aromatic rings. The van der Waals surface area contributed by atoms with Crippen LogP contribution in [-0.2, 0) is 14.0 Å². The number of imidazole rings is 1. The van der Waals surface area contributed by atoms with Gasteiger partial charge in [0, 0.05) is 0 Å². The number of anilines is 1. The Balaban J connectivity index is 1.51. The summed E-state index contributed by atoms with van der Waals surface area (Å²) in [5.41, 5.74) is 7.83. The van der Waals surface area contributed by atoms with Crippen LogP contribution in [-0.4, -0.2) is 56.7 Å². The Labute approximate surface area is 148 Å². The van der Waals surface area contributed by atoms with Crippen molar-refractivity contribution < 1.29 is 19.2 Å². The van der Waals surface area contributed by atoms with Crippen LogP contribution in [0.2, 0.25) is 0 Å². The Kier molecular flexibility index (Phi) is 3.64. The Morgan fingerprint density at radius 1 is 1.12 bits per heavy atom. The van der Waals surface area contributed by atoms with Crippen molar-refractivity contribution in [2.24, 2.45) is 0 Å². The summed E-state index contributed by atoms with van der Waals surface area (Å²) in [6, 6.07) is 9.67. The van der Waals surface area contributed by atoms with Crippen LogP contribution in [0.5, 0.6) is 0 Å². The summed E-state index contributed by atoms with van der Waals surface area (Å²) in [5.74, 6) is 0.299. The Morgan fingerprint density at radius 3 is 2.73 bits per heavy atom. The number of nitrogen functional groups attached to an aromatic ring is 1. The van der Waals surface area contributed by atoms with Crippen molar-refractivity contribution in [3.05, 3.63) is 43.0 Å². The first-order chi connectivity index (χ1) is 12.8. The SMILES string of the molecule is Nc1ncnc2c1ncn2C1OC(CO)C2OB(c3ccccc3)OC21. The summed E-state index contributed by atoms with van der Waals surface area (Å²) in [6.45, 7) is -0.174. The van der Waals surface area contributed by atoms with Crippen LogP contribution in [0.3, 0.4) is 0 Å². The number of aliphatic hydroxyl groups excluding tert-OH is 1. The lowest BCUT2D eigenvalue weighted by molar-refractivity contribution is -0.0570. The first kappa shape index (κ1) is 15.7. The second kappa shape index (κ2) is 6.03. The van der Waals surface area contributed by atoms with Gasteiger partial charge in [0.25, 0.3) is 0 Å². The van der Waals surface area contributed by atoms with Gasteiger partial charge in [0.05, 0.1) is 12.9 Å². The van der Waals surface area contributed by atoms with E-state index < -0.39 is 31.7 Å². The van der Waals surface area contributed by atoms with Crippen molar-refractivity contribution >= 4 is 29.6 Å². The van der Waals surface area contributed by atoms with Crippen molar-refractivity contribution in [1.82, 2.24) is 19.5 Å². The summed E-state index contributed by atoms with van der Waals surface area (Å²) in [6.07, 6.45) is 1.12. The number of nitrogens with zero attached hydrogens (tertiary/aromatic N) is 4. The van der Waals surface area contributed by atoms with Gasteiger partial charge in [-0.05, 0) is 5.46 Å². The van der Waals surface area contributed by atoms with Gasteiger partial charge in [0.1, 0.15) is 30.2 Å². The zero-order valence-corrected chi connectivity index (χ0v) is 13.7. The number of aliphatic hydroxyl groups is 1. The fraction of sp³-hybridized carbons (Fsp3) is 0.312. The summed E-state index contributed by atoms with van der Waals surface area (Å²) in [4.78, 5) is 12.5. The van der Waals surface area contributed by atoms with Gasteiger partial charge in [0.15, 0.2) is 17.7 Å². The molecule has 1 aromatic carbocycles. The lowest BCUT2D eigenvalue weighted by Gasteiger charge is -2.19. The molecule has 0 radical (unpaired) electrons. The van der Waals surface area contributed by atoms with E-state index >= 15 is 0 Å². The molecule has 2 aliphatic heterocycles. The summed E-state index contributed by atoms with van der Waals surface area (Å²) < 4.78 is 19.9. The molecule has 3 N–H and O–H groups in total. The minimum Gasteiger partial charge on any atom is -0.399 e. The number of hydrogen-bond acceptors (Lipinski definition) is 8. The van der Waals surface area contributed by atoms with Crippen LogP contribution in [0.15, 0.2) is 43.0 Å². The molecule has 2 aliphatic rings. The minimum atomic E-state index is -0.537. The zero-order valence-electron chi connectivity index (χ0n) is 13.7. The second-order valence-electron chi connectivity index (χ2n) is 6.27. The van der Waals surface area contributed by atoms with Crippen LogP contribution in [0.4, 0.5) is 5.82 Å². The Morgan fingerprint density at radius 2 is 1.92 bits per heavy atom. The smallest absolute Gasteiger partial charge is 0.399 e. The van der Waals surface area contributed by atoms with Crippen molar-refractivity contribution in [3.8, 4) is 0 Å². The van der Waals surface area contributed by atoms with E-state index in [1.54, 1.807) is 10.9 Å². The van der Waals surface area contributed by atoms with Gasteiger partial charge in [-0.2, -0.15) is 0 Å². The standard InChI is InChI=1S/C16H16BN5O4/c18-14-11-15(20-7-19-14)22(8-21-11)16-13-12(10(6-23)24-16)25-17(26-13)9-4-2-1-3-5-9/h1-5,7-8,10,12-13,16,23H,6H2,(H2,18,19,20). The molecule has 132 valence electrons. The van der Waals surface area contributed by atoms with E-state index in [-0.39, 0.29) is 6.61 Å². The number of hydrogen-bond donors (Lipinski definition) is 2. The molecule has 0 bridgehead atoms. The normalized spacial score (nSPS) is 28.0. The number of rotatable bonds is 3. The number of fused-ring (bicyclic) bond motifs is 2. The third-order valence-corrected chi connectivity index (χ3v) is 4.76. The molecule has 2 saturated heterocycles. The summed E-state index contributed by atoms with van der Waals surface area (Å²) >= 11 is 0. The van der Waals surface area contributed by atoms with Crippen LogP contribution in [0.1, 0.15) is 6.23 Å². The van der Waals surface area contributed by atoms with Gasteiger partial charge in [-0.15, -0.1) is 0 Å². The third kappa shape index (κ3) is 2.31. The number of ether oxygens (including phenoxy) is 1. The van der Waals surface area contributed by atoms with E-state index in [0.717, 1.165) is 5.46 Å². The van der Waals surface area contributed by atoms with Crippen molar-refractivity contribution in [2.45, 2.75) is 24.5 Å². The van der Waals surface area contributed by atoms with Crippen LogP contribution in [0, 0.1) is 0 Å². The van der Waals surface area contributed by atoms with Crippen molar-refractivity contribution in [2.75, 3.05) is 12.3 Å². The highest BCUT2D eigenvalue weighted by molar-refractivity contribution is 6.61. The van der Waals surface area contributed by atoms with Gasteiger partial charge in [-0.1, -0.05) is 30.3 Å². The van der Waals surface area contributed by atoms with Crippen LogP contribution in [0.25, 0.3) is 11.2 Å². The molecular formula is C16H16BN5O4. The van der Waals surface area contributed by atoms with Crippen molar-refractivity contribution in [1.29, 1.82) is 0 Å². The number of nitrogens with two attached hydrogens (primary N) is 1. The first-order valence-corrected chi connectivity index (χ1v) is 8.31. The quantitative estimate of drug-likeness (QED) is 0.604. The van der Waals surface area contributed by atoms with Gasteiger partial charge >= 0.3 is 7.12 Å². The lowest BCUT2D eigenvalue weighted by Crippen LogP contribution is -2.36. The molecule has 0 saturated carbocycles. The maximum absolute atomic E-state index is 9.71. The molecule has 2 fully saturated rings. The molecule has 0 spiro atoms. The van der Waals surface area contributed by atoms with Gasteiger partial charge < -0.3 is 24.9 Å². The van der Waals surface area contributed by atoms with Gasteiger partial charge in [-0.3, -0.25) is 4.57 Å². The fourth-order valence-corrected chi connectivity index (χ4v) is 3.53. The van der Waals surface area contributed by atoms with E-state index in [1.165, 1.54) is 6.33 Å². The third-order valence-electron chi connectivity index (χ3n) is 4.76. The van der Waals surface area contributed by atoms with E-state index in [2.05, 4.69) is 15.0 Å². The molecule has 2 aromatic heterocycles. The molecule has 9 nitrogen and oxygen atoms in total. The highest BCUT2D eigenvalue weighted by Gasteiger charge is 2.55. The molecular weight excluding hydrogens is 337 g/mol.